The average Bonchev–Trinajstić information content (AvgIpc) is 3.42. The summed E-state index contributed by atoms with van der Waals surface area (Å²) in [5.41, 5.74) is 4.80. The minimum Gasteiger partial charge on any atom is -0.336 e. The third-order valence-electron chi connectivity index (χ3n) is 7.04. The van der Waals surface area contributed by atoms with E-state index in [1.807, 2.05) is 24.1 Å². The Hall–Kier alpha value is -2.90. The van der Waals surface area contributed by atoms with E-state index >= 15 is 0 Å². The highest BCUT2D eigenvalue weighted by Gasteiger charge is 2.26. The molecule has 2 aliphatic rings. The summed E-state index contributed by atoms with van der Waals surface area (Å²) in [6.07, 6.45) is 4.46. The topological polar surface area (TPSA) is 52.5 Å². The van der Waals surface area contributed by atoms with Gasteiger partial charge in [-0.15, -0.1) is 0 Å². The minimum atomic E-state index is -0.217. The molecule has 6 nitrogen and oxygen atoms in total. The standard InChI is InChI=1S/C26H32FN5O/c1-28-17-19-2-7-25-23(16-19)24(18-32(25)22-5-3-21(27)4-6-22)20-8-11-30(12-9-20)14-15-31-13-10-29-26(31)33/h2-7,16,18,20,28H,8-15,17H2,1H3,(H,29,33). The normalized spacial score (nSPS) is 17.8. The quantitative estimate of drug-likeness (QED) is 0.579. The molecule has 3 aromatic rings. The van der Waals surface area contributed by atoms with Crippen molar-refractivity contribution in [3.63, 3.8) is 0 Å². The zero-order valence-electron chi connectivity index (χ0n) is 19.2. The molecule has 2 aliphatic heterocycles. The van der Waals surface area contributed by atoms with Crippen molar-refractivity contribution < 1.29 is 9.18 Å². The number of urea groups is 1. The van der Waals surface area contributed by atoms with Gasteiger partial charge in [-0.05, 0) is 86.4 Å². The summed E-state index contributed by atoms with van der Waals surface area (Å²) in [6, 6.07) is 13.5. The molecule has 0 atom stereocenters. The van der Waals surface area contributed by atoms with Gasteiger partial charge in [-0.2, -0.15) is 0 Å². The number of hydrogen-bond donors (Lipinski definition) is 2. The second-order valence-corrected chi connectivity index (χ2v) is 9.15. The van der Waals surface area contributed by atoms with E-state index in [0.717, 1.165) is 64.3 Å². The Morgan fingerprint density at radius 3 is 2.55 bits per heavy atom. The van der Waals surface area contributed by atoms with Gasteiger partial charge in [-0.25, -0.2) is 9.18 Å². The van der Waals surface area contributed by atoms with Gasteiger partial charge in [0.25, 0.3) is 0 Å². The summed E-state index contributed by atoms with van der Waals surface area (Å²) < 4.78 is 15.7. The summed E-state index contributed by atoms with van der Waals surface area (Å²) >= 11 is 0. The van der Waals surface area contributed by atoms with Crippen LogP contribution in [0.3, 0.4) is 0 Å². The second-order valence-electron chi connectivity index (χ2n) is 9.15. The number of hydrogen-bond acceptors (Lipinski definition) is 3. The smallest absolute Gasteiger partial charge is 0.317 e. The number of carbonyl (C=O) groups is 1. The van der Waals surface area contributed by atoms with Gasteiger partial charge >= 0.3 is 6.03 Å². The molecule has 3 heterocycles. The van der Waals surface area contributed by atoms with Gasteiger partial charge in [0, 0.05) is 50.0 Å². The molecular formula is C26H32FN5O. The molecular weight excluding hydrogens is 417 g/mol. The number of carbonyl (C=O) groups excluding carboxylic acids is 1. The van der Waals surface area contributed by atoms with Crippen LogP contribution in [-0.2, 0) is 6.54 Å². The molecule has 174 valence electrons. The summed E-state index contributed by atoms with van der Waals surface area (Å²) in [5, 5.41) is 7.42. The molecule has 5 rings (SSSR count). The molecule has 0 bridgehead atoms. The molecule has 0 spiro atoms. The van der Waals surface area contributed by atoms with Crippen LogP contribution in [0.15, 0.2) is 48.7 Å². The first-order valence-corrected chi connectivity index (χ1v) is 11.9. The Bertz CT molecular complexity index is 1120. The summed E-state index contributed by atoms with van der Waals surface area (Å²) in [6.45, 7) is 6.22. The van der Waals surface area contributed by atoms with Crippen LogP contribution >= 0.6 is 0 Å². The monoisotopic (exact) mass is 449 g/mol. The number of likely N-dealkylation sites (tertiary alicyclic amines) is 1. The maximum atomic E-state index is 13.5. The number of rotatable bonds is 7. The Morgan fingerprint density at radius 1 is 1.06 bits per heavy atom. The highest BCUT2D eigenvalue weighted by atomic mass is 19.1. The summed E-state index contributed by atoms with van der Waals surface area (Å²) in [4.78, 5) is 16.2. The van der Waals surface area contributed by atoms with E-state index in [4.69, 9.17) is 0 Å². The average molecular weight is 450 g/mol. The van der Waals surface area contributed by atoms with Crippen LogP contribution in [0.1, 0.15) is 29.9 Å². The van der Waals surface area contributed by atoms with Gasteiger partial charge in [0.1, 0.15) is 5.82 Å². The minimum absolute atomic E-state index is 0.0656. The molecule has 0 radical (unpaired) electrons. The zero-order chi connectivity index (χ0) is 22.8. The van der Waals surface area contributed by atoms with Crippen LogP contribution < -0.4 is 10.6 Å². The molecule has 7 heteroatoms. The van der Waals surface area contributed by atoms with Crippen molar-refractivity contribution in [3.8, 4) is 5.69 Å². The number of piperidine rings is 1. The van der Waals surface area contributed by atoms with Crippen molar-refractivity contribution in [3.05, 3.63) is 65.6 Å². The van der Waals surface area contributed by atoms with Gasteiger partial charge in [-0.1, -0.05) is 6.07 Å². The van der Waals surface area contributed by atoms with Gasteiger partial charge in [-0.3, -0.25) is 0 Å². The molecule has 2 amide bonds. The van der Waals surface area contributed by atoms with Crippen LogP contribution in [0.5, 0.6) is 0 Å². The molecule has 33 heavy (non-hydrogen) atoms. The number of aromatic nitrogens is 1. The zero-order valence-corrected chi connectivity index (χ0v) is 19.2. The third-order valence-corrected chi connectivity index (χ3v) is 7.04. The van der Waals surface area contributed by atoms with Crippen LogP contribution in [-0.4, -0.2) is 66.7 Å². The van der Waals surface area contributed by atoms with Crippen molar-refractivity contribution in [2.45, 2.75) is 25.3 Å². The molecule has 0 saturated carbocycles. The van der Waals surface area contributed by atoms with E-state index in [2.05, 4.69) is 44.5 Å². The highest BCUT2D eigenvalue weighted by molar-refractivity contribution is 5.87. The summed E-state index contributed by atoms with van der Waals surface area (Å²) in [7, 11) is 1.97. The first kappa shape index (κ1) is 21.9. The van der Waals surface area contributed by atoms with Gasteiger partial charge in [0.2, 0.25) is 0 Å². The van der Waals surface area contributed by atoms with Crippen molar-refractivity contribution >= 4 is 16.9 Å². The lowest BCUT2D eigenvalue weighted by molar-refractivity contribution is 0.181. The number of benzene rings is 2. The lowest BCUT2D eigenvalue weighted by Crippen LogP contribution is -2.40. The second kappa shape index (κ2) is 9.53. The molecule has 0 aliphatic carbocycles. The number of fused-ring (bicyclic) bond motifs is 1. The van der Waals surface area contributed by atoms with Crippen LogP contribution in [0.25, 0.3) is 16.6 Å². The Balaban J connectivity index is 1.36. The maximum Gasteiger partial charge on any atom is 0.317 e. The number of nitrogens with zero attached hydrogens (tertiary/aromatic N) is 3. The Labute approximate surface area is 194 Å². The van der Waals surface area contributed by atoms with E-state index in [1.54, 1.807) is 0 Å². The highest BCUT2D eigenvalue weighted by Crippen LogP contribution is 2.36. The van der Waals surface area contributed by atoms with Gasteiger partial charge in [0.05, 0.1) is 5.52 Å². The fourth-order valence-corrected chi connectivity index (χ4v) is 5.21. The lowest BCUT2D eigenvalue weighted by atomic mass is 9.89. The number of amides is 2. The number of nitrogens with one attached hydrogen (secondary N) is 2. The van der Waals surface area contributed by atoms with E-state index in [9.17, 15) is 9.18 Å². The molecule has 0 unspecified atom stereocenters. The largest absolute Gasteiger partial charge is 0.336 e. The van der Waals surface area contributed by atoms with E-state index in [-0.39, 0.29) is 11.8 Å². The van der Waals surface area contributed by atoms with Gasteiger partial charge < -0.3 is 25.0 Å². The van der Waals surface area contributed by atoms with Crippen molar-refractivity contribution in [2.75, 3.05) is 46.3 Å². The third kappa shape index (κ3) is 4.61. The van der Waals surface area contributed by atoms with Crippen LogP contribution in [0, 0.1) is 5.82 Å². The number of halogens is 1. The SMILES string of the molecule is CNCc1ccc2c(c1)c(C1CCN(CCN3CCNC3=O)CC1)cn2-c1ccc(F)cc1. The van der Waals surface area contributed by atoms with E-state index in [1.165, 1.54) is 34.2 Å². The summed E-state index contributed by atoms with van der Waals surface area (Å²) in [5.74, 6) is 0.274. The van der Waals surface area contributed by atoms with Crippen molar-refractivity contribution in [1.29, 1.82) is 0 Å². The van der Waals surface area contributed by atoms with Crippen LogP contribution in [0.2, 0.25) is 0 Å². The molecule has 2 aromatic carbocycles. The van der Waals surface area contributed by atoms with E-state index in [0.29, 0.717) is 5.92 Å². The first-order chi connectivity index (χ1) is 16.1. The Morgan fingerprint density at radius 2 is 1.85 bits per heavy atom. The molecule has 2 fully saturated rings. The molecule has 1 aromatic heterocycles. The molecule has 2 saturated heterocycles. The van der Waals surface area contributed by atoms with Crippen molar-refractivity contribution in [1.82, 2.24) is 25.0 Å². The predicted octanol–water partition coefficient (Wildman–Crippen LogP) is 3.69. The molecule has 2 N–H and O–H groups in total. The van der Waals surface area contributed by atoms with Crippen LogP contribution in [0.4, 0.5) is 9.18 Å². The maximum absolute atomic E-state index is 13.5. The fourth-order valence-electron chi connectivity index (χ4n) is 5.21. The fraction of sp³-hybridized carbons (Fsp3) is 0.423. The van der Waals surface area contributed by atoms with Crippen molar-refractivity contribution in [2.24, 2.45) is 0 Å². The Kier molecular flexibility index (Phi) is 6.33. The lowest BCUT2D eigenvalue weighted by Gasteiger charge is -2.32. The van der Waals surface area contributed by atoms with Gasteiger partial charge in [0.15, 0.2) is 0 Å². The first-order valence-electron chi connectivity index (χ1n) is 11.9. The predicted molar refractivity (Wildman–Crippen MR) is 129 cm³/mol. The van der Waals surface area contributed by atoms with E-state index < -0.39 is 0 Å².